The largest absolute Gasteiger partial charge is 0.481 e. The monoisotopic (exact) mass is 1060 g/mol. The molecule has 2 aromatic carbocycles. The van der Waals surface area contributed by atoms with Crippen LogP contribution >= 0.6 is 35.6 Å². The number of alkyl halides is 3. The number of halogens is 6. The molecule has 0 unspecified atom stereocenters. The van der Waals surface area contributed by atoms with Crippen molar-refractivity contribution in [3.8, 4) is 11.8 Å². The number of nitrogens with one attached hydrogen (secondary N) is 1. The zero-order chi connectivity index (χ0) is 52.9. The van der Waals surface area contributed by atoms with Crippen LogP contribution in [0, 0.1) is 5.92 Å². The first-order valence-corrected chi connectivity index (χ1v) is 22.8. The molecule has 0 fully saturated rings. The molecule has 2 atom stereocenters. The predicted molar refractivity (Wildman–Crippen MR) is 267 cm³/mol. The summed E-state index contributed by atoms with van der Waals surface area (Å²) in [6.07, 6.45) is -3.74. The summed E-state index contributed by atoms with van der Waals surface area (Å²) < 4.78 is 48.3. The van der Waals surface area contributed by atoms with Crippen LogP contribution in [0.25, 0.3) is 0 Å². The lowest BCUT2D eigenvalue weighted by atomic mass is 9.93. The number of carboxylic acid groups (broad SMARTS) is 1. The molecule has 2 aromatic heterocycles. The van der Waals surface area contributed by atoms with E-state index in [4.69, 9.17) is 58.8 Å². The number of ether oxygens (including phenoxy) is 3. The maximum absolute atomic E-state index is 13.4. The summed E-state index contributed by atoms with van der Waals surface area (Å²) in [6, 6.07) is 20.2. The predicted octanol–water partition coefficient (Wildman–Crippen LogP) is 10.2. The highest BCUT2D eigenvalue weighted by Crippen LogP contribution is 2.45. The summed E-state index contributed by atoms with van der Waals surface area (Å²) in [7, 11) is 0. The van der Waals surface area contributed by atoms with Crippen LogP contribution in [0.3, 0.4) is 0 Å². The average molecular weight is 1060 g/mol. The number of amides is 3. The molecule has 0 radical (unpaired) electrons. The van der Waals surface area contributed by atoms with Crippen LogP contribution in [0.1, 0.15) is 94.4 Å². The van der Waals surface area contributed by atoms with Gasteiger partial charge in [-0.15, -0.1) is 12.4 Å². The molecule has 4 heterocycles. The Morgan fingerprint density at radius 3 is 1.52 bits per heavy atom. The molecule has 388 valence electrons. The number of benzene rings is 2. The number of carboxylic acids is 1. The first kappa shape index (κ1) is 60.9. The number of nitrogens with zero attached hydrogens (tertiary/aromatic N) is 4. The van der Waals surface area contributed by atoms with Crippen molar-refractivity contribution in [2.75, 3.05) is 20.9 Å². The smallest absolute Gasteiger partial charge is 0.446 e. The topological polar surface area (TPSA) is 247 Å². The molecule has 71 heavy (non-hydrogen) atoms. The van der Waals surface area contributed by atoms with Crippen LogP contribution in [-0.2, 0) is 33.5 Å². The number of aromatic nitrogens is 2. The number of carbonyl (C=O) groups excluding carboxylic acids is 5. The van der Waals surface area contributed by atoms with E-state index in [0.717, 1.165) is 5.69 Å². The van der Waals surface area contributed by atoms with Crippen molar-refractivity contribution < 1.29 is 61.3 Å². The molecule has 2 aliphatic rings. The van der Waals surface area contributed by atoms with E-state index >= 15 is 0 Å². The minimum absolute atomic E-state index is 0. The van der Waals surface area contributed by atoms with Crippen molar-refractivity contribution in [1.82, 2.24) is 9.97 Å². The summed E-state index contributed by atoms with van der Waals surface area (Å²) in [5.41, 5.74) is 11.3. The number of nitrogens with two attached hydrogens (primary N) is 2. The van der Waals surface area contributed by atoms with Gasteiger partial charge in [0.05, 0.1) is 18.4 Å². The van der Waals surface area contributed by atoms with Crippen LogP contribution in [0.2, 0.25) is 10.0 Å². The third kappa shape index (κ3) is 16.4. The Kier molecular flexibility index (Phi) is 22.1. The minimum atomic E-state index is -4.64. The number of carbonyl (C=O) groups is 6. The van der Waals surface area contributed by atoms with Crippen molar-refractivity contribution in [1.29, 1.82) is 0 Å². The maximum atomic E-state index is 13.4. The molecule has 4 aromatic rings. The first-order valence-electron chi connectivity index (χ1n) is 22.0. The second kappa shape index (κ2) is 25.8. The first-order chi connectivity index (χ1) is 32.6. The van der Waals surface area contributed by atoms with Gasteiger partial charge in [0.15, 0.2) is 11.2 Å². The Morgan fingerprint density at radius 1 is 0.775 bits per heavy atom. The Labute approximate surface area is 426 Å². The molecule has 6 N–H and O–H groups in total. The molecule has 0 aliphatic carbocycles. The number of pyridine rings is 2. The SMILES string of the molecule is CCC1(CC)Oc2nc(N)ccc2N(c2ccc(Cl)cc2)C1=O.CCC1(CC)Oc2nc(NC(=O)[C@H](C)N)ccc2N(c2ccc(Cl)cc2)C1=O.C[C@H](CC(=O)OC(C)(C)C)C(=O)O.Cl.O=CC(F)(F)F. The minimum Gasteiger partial charge on any atom is -0.481 e. The third-order valence-electron chi connectivity index (χ3n) is 10.5. The molecule has 2 aliphatic heterocycles. The second-order valence-corrected chi connectivity index (χ2v) is 17.8. The number of rotatable bonds is 11. The number of hydrogen-bond donors (Lipinski definition) is 4. The summed E-state index contributed by atoms with van der Waals surface area (Å²) in [4.78, 5) is 80.5. The fourth-order valence-corrected chi connectivity index (χ4v) is 6.82. The Hall–Kier alpha value is -6.22. The van der Waals surface area contributed by atoms with Crippen LogP contribution in [0.4, 0.5) is 47.6 Å². The number of fused-ring (bicyclic) bond motifs is 2. The molecular weight excluding hydrogens is 998 g/mol. The number of anilines is 6. The fourth-order valence-electron chi connectivity index (χ4n) is 6.57. The van der Waals surface area contributed by atoms with E-state index in [-0.39, 0.29) is 42.4 Å². The standard InChI is InChI=1S/C20H23ClN4O3.C17H18ClN3O2.C9H16O4.C2HF3O.ClH/c1-4-20(5-2)19(27)25(14-8-6-13(21)7-9-14)15-10-11-16(24-18(15)28-20)23-17(26)12(3)22;1-3-17(4-2)16(22)21(12-7-5-11(18)6-8-12)13-9-10-14(19)20-15(13)23-17;1-6(8(11)12)5-7(10)13-9(2,3)4;3-2(4,5)1-6;/h6-12H,4-5,22H2,1-3H3,(H,23,24,26);5-10H,3-4H2,1-2H3,(H2,19,20);6H,5H2,1-4H3,(H,11,12);1H;1H/t12-;;6-;;/m0.1../s1. The van der Waals surface area contributed by atoms with Gasteiger partial charge in [0.25, 0.3) is 11.8 Å². The van der Waals surface area contributed by atoms with Crippen molar-refractivity contribution >= 4 is 106 Å². The molecular formula is C48H59Cl3F3N7O10. The fraction of sp³-hybridized carbons (Fsp3) is 0.417. The Morgan fingerprint density at radius 2 is 1.17 bits per heavy atom. The van der Waals surface area contributed by atoms with E-state index in [2.05, 4.69) is 15.3 Å². The molecule has 0 bridgehead atoms. The Balaban J connectivity index is 0.000000361. The molecule has 0 saturated carbocycles. The van der Waals surface area contributed by atoms with Crippen LogP contribution in [-0.4, -0.2) is 80.0 Å². The van der Waals surface area contributed by atoms with Crippen molar-refractivity contribution in [3.63, 3.8) is 0 Å². The Bertz CT molecular complexity index is 2490. The van der Waals surface area contributed by atoms with Gasteiger partial charge in [-0.2, -0.15) is 23.1 Å². The van der Waals surface area contributed by atoms with E-state index < -0.39 is 53.2 Å². The molecule has 3 amide bonds. The number of hydrogen-bond acceptors (Lipinski definition) is 13. The normalized spacial score (nSPS) is 15.0. The molecule has 17 nitrogen and oxygen atoms in total. The van der Waals surface area contributed by atoms with Gasteiger partial charge in [0.2, 0.25) is 24.0 Å². The highest BCUT2D eigenvalue weighted by molar-refractivity contribution is 6.31. The zero-order valence-electron chi connectivity index (χ0n) is 40.6. The highest BCUT2D eigenvalue weighted by Gasteiger charge is 2.48. The molecule has 0 saturated heterocycles. The van der Waals surface area contributed by atoms with E-state index in [1.165, 1.54) is 6.92 Å². The summed E-state index contributed by atoms with van der Waals surface area (Å²) in [6.45, 7) is 16.0. The van der Waals surface area contributed by atoms with Gasteiger partial charge in [-0.25, -0.2) is 0 Å². The van der Waals surface area contributed by atoms with Gasteiger partial charge < -0.3 is 36.1 Å². The van der Waals surface area contributed by atoms with Gasteiger partial charge in [-0.3, -0.25) is 38.6 Å². The van der Waals surface area contributed by atoms with Crippen LogP contribution in [0.5, 0.6) is 11.8 Å². The van der Waals surface area contributed by atoms with E-state index in [1.54, 1.807) is 98.2 Å². The van der Waals surface area contributed by atoms with Gasteiger partial charge >= 0.3 is 18.1 Å². The number of aliphatic carboxylic acids is 1. The average Bonchev–Trinajstić information content (AvgIpc) is 3.29. The molecule has 0 spiro atoms. The zero-order valence-corrected chi connectivity index (χ0v) is 42.9. The van der Waals surface area contributed by atoms with Gasteiger partial charge in [-0.1, -0.05) is 57.8 Å². The quantitative estimate of drug-likeness (QED) is 0.0806. The van der Waals surface area contributed by atoms with E-state index in [1.807, 2.05) is 39.8 Å². The van der Waals surface area contributed by atoms with E-state index in [0.29, 0.717) is 70.3 Å². The van der Waals surface area contributed by atoms with Crippen molar-refractivity contribution in [2.24, 2.45) is 11.7 Å². The van der Waals surface area contributed by atoms with Crippen molar-refractivity contribution in [2.45, 2.75) is 123 Å². The van der Waals surface area contributed by atoms with Gasteiger partial charge in [-0.05, 0) is 126 Å². The highest BCUT2D eigenvalue weighted by atomic mass is 35.5. The van der Waals surface area contributed by atoms with Crippen LogP contribution in [0.15, 0.2) is 72.8 Å². The van der Waals surface area contributed by atoms with Gasteiger partial charge in [0.1, 0.15) is 28.6 Å². The lowest BCUT2D eigenvalue weighted by molar-refractivity contribution is -0.159. The second-order valence-electron chi connectivity index (χ2n) is 16.9. The lowest BCUT2D eigenvalue weighted by Gasteiger charge is -2.41. The molecule has 6 rings (SSSR count). The summed E-state index contributed by atoms with van der Waals surface area (Å²) in [5.74, 6) is -1.44. The molecule has 23 heteroatoms. The number of nitrogen functional groups attached to an aromatic ring is 1. The summed E-state index contributed by atoms with van der Waals surface area (Å²) >= 11 is 12.0. The number of aldehydes is 1. The lowest BCUT2D eigenvalue weighted by Crippen LogP contribution is -2.54. The third-order valence-corrected chi connectivity index (χ3v) is 11.0. The van der Waals surface area contributed by atoms with Gasteiger partial charge in [0, 0.05) is 21.4 Å². The summed E-state index contributed by atoms with van der Waals surface area (Å²) in [5, 5.41) is 12.4. The maximum Gasteiger partial charge on any atom is 0.446 e. The van der Waals surface area contributed by atoms with Crippen LogP contribution < -0.4 is 36.1 Å². The van der Waals surface area contributed by atoms with Crippen molar-refractivity contribution in [3.05, 3.63) is 82.8 Å². The number of esters is 1. The van der Waals surface area contributed by atoms with E-state index in [9.17, 15) is 37.1 Å².